The van der Waals surface area contributed by atoms with Crippen molar-refractivity contribution in [3.05, 3.63) is 10.3 Å². The van der Waals surface area contributed by atoms with E-state index < -0.39 is 0 Å². The Kier molecular flexibility index (Phi) is 2.06. The molecule has 12 heavy (non-hydrogen) atoms. The van der Waals surface area contributed by atoms with Gasteiger partial charge in [-0.25, -0.2) is 4.98 Å². The smallest absolute Gasteiger partial charge is 0.203 e. The Bertz CT molecular complexity index is 283. The number of halogens is 1. The van der Waals surface area contributed by atoms with E-state index in [2.05, 4.69) is 9.36 Å². The molecule has 1 aromatic rings. The summed E-state index contributed by atoms with van der Waals surface area (Å²) in [6, 6.07) is 0. The summed E-state index contributed by atoms with van der Waals surface area (Å²) in [5, 5.41) is 0. The maximum absolute atomic E-state index is 5.69. The molecule has 1 aliphatic heterocycles. The third kappa shape index (κ3) is 1.34. The molecule has 0 amide bonds. The van der Waals surface area contributed by atoms with Gasteiger partial charge in [0.15, 0.2) is 5.82 Å². The van der Waals surface area contributed by atoms with Gasteiger partial charge >= 0.3 is 0 Å². The van der Waals surface area contributed by atoms with E-state index in [1.54, 1.807) is 0 Å². The van der Waals surface area contributed by atoms with Crippen LogP contribution in [0.2, 0.25) is 4.47 Å². The van der Waals surface area contributed by atoms with Gasteiger partial charge < -0.3 is 4.74 Å². The molecule has 66 valence electrons. The largest absolute Gasteiger partial charge is 0.367 e. The van der Waals surface area contributed by atoms with Gasteiger partial charge in [0, 0.05) is 6.61 Å². The molecule has 0 aromatic carbocycles. The summed E-state index contributed by atoms with van der Waals surface area (Å²) < 4.78 is 10.2. The van der Waals surface area contributed by atoms with Crippen LogP contribution in [-0.4, -0.2) is 16.0 Å². The molecule has 0 saturated carbocycles. The Labute approximate surface area is 79.9 Å². The maximum Gasteiger partial charge on any atom is 0.203 e. The fourth-order valence-corrected chi connectivity index (χ4v) is 2.08. The molecule has 1 aliphatic rings. The van der Waals surface area contributed by atoms with Gasteiger partial charge in [-0.2, -0.15) is 4.37 Å². The van der Waals surface area contributed by atoms with E-state index in [-0.39, 0.29) is 5.60 Å². The molecule has 1 fully saturated rings. The second kappa shape index (κ2) is 2.94. The molecule has 0 radical (unpaired) electrons. The van der Waals surface area contributed by atoms with Crippen molar-refractivity contribution in [2.24, 2.45) is 0 Å². The second-order valence-electron chi connectivity index (χ2n) is 3.05. The molecular weight excluding hydrogens is 196 g/mol. The van der Waals surface area contributed by atoms with Crippen LogP contribution in [0.4, 0.5) is 0 Å². The van der Waals surface area contributed by atoms with Crippen LogP contribution in [0.15, 0.2) is 0 Å². The molecule has 2 heterocycles. The molecule has 1 aromatic heterocycles. The average molecular weight is 205 g/mol. The van der Waals surface area contributed by atoms with Gasteiger partial charge in [0.25, 0.3) is 0 Å². The van der Waals surface area contributed by atoms with E-state index in [0.717, 1.165) is 25.3 Å². The number of hydrogen-bond acceptors (Lipinski definition) is 4. The number of rotatable bonds is 1. The minimum atomic E-state index is -0.288. The third-order valence-corrected chi connectivity index (χ3v) is 2.89. The average Bonchev–Trinajstić information content (AvgIpc) is 2.59. The van der Waals surface area contributed by atoms with E-state index >= 15 is 0 Å². The van der Waals surface area contributed by atoms with Crippen molar-refractivity contribution in [1.29, 1.82) is 0 Å². The standard InChI is InChI=1S/C7H9ClN2OS/c1-7(3-2-4-11-7)5-9-6(8)12-10-5/h2-4H2,1H3. The first-order valence-corrected chi connectivity index (χ1v) is 4.99. The molecule has 3 nitrogen and oxygen atoms in total. The van der Waals surface area contributed by atoms with Gasteiger partial charge in [-0.3, -0.25) is 0 Å². The first kappa shape index (κ1) is 8.41. The first-order valence-electron chi connectivity index (χ1n) is 3.84. The fraction of sp³-hybridized carbons (Fsp3) is 0.714. The lowest BCUT2D eigenvalue weighted by atomic mass is 10.0. The second-order valence-corrected chi connectivity index (χ2v) is 4.39. The monoisotopic (exact) mass is 204 g/mol. The van der Waals surface area contributed by atoms with Crippen LogP contribution < -0.4 is 0 Å². The Morgan fingerprint density at radius 3 is 3.00 bits per heavy atom. The van der Waals surface area contributed by atoms with Crippen LogP contribution in [0.5, 0.6) is 0 Å². The first-order chi connectivity index (χ1) is 5.71. The molecule has 1 saturated heterocycles. The zero-order valence-corrected chi connectivity index (χ0v) is 8.28. The highest BCUT2D eigenvalue weighted by Gasteiger charge is 2.35. The predicted molar refractivity (Wildman–Crippen MR) is 47.5 cm³/mol. The summed E-state index contributed by atoms with van der Waals surface area (Å²) in [6.45, 7) is 2.81. The summed E-state index contributed by atoms with van der Waals surface area (Å²) in [5.41, 5.74) is -0.288. The Morgan fingerprint density at radius 1 is 1.67 bits per heavy atom. The molecule has 0 spiro atoms. The van der Waals surface area contributed by atoms with E-state index in [9.17, 15) is 0 Å². The molecule has 1 atom stereocenters. The Morgan fingerprint density at radius 2 is 2.50 bits per heavy atom. The number of hydrogen-bond donors (Lipinski definition) is 0. The highest BCUT2D eigenvalue weighted by Crippen LogP contribution is 2.34. The highest BCUT2D eigenvalue weighted by atomic mass is 35.5. The SMILES string of the molecule is CC1(c2nsc(Cl)n2)CCCO1. The van der Waals surface area contributed by atoms with E-state index in [0.29, 0.717) is 4.47 Å². The van der Waals surface area contributed by atoms with E-state index in [1.807, 2.05) is 6.92 Å². The van der Waals surface area contributed by atoms with Gasteiger partial charge in [0.2, 0.25) is 4.47 Å². The zero-order valence-electron chi connectivity index (χ0n) is 6.71. The van der Waals surface area contributed by atoms with Gasteiger partial charge in [-0.15, -0.1) is 0 Å². The van der Waals surface area contributed by atoms with Crippen LogP contribution >= 0.6 is 23.1 Å². The molecular formula is C7H9ClN2OS. The molecule has 0 bridgehead atoms. The minimum absolute atomic E-state index is 0.288. The van der Waals surface area contributed by atoms with Crippen molar-refractivity contribution in [3.63, 3.8) is 0 Å². The summed E-state index contributed by atoms with van der Waals surface area (Å²) in [4.78, 5) is 4.11. The van der Waals surface area contributed by atoms with Crippen LogP contribution in [0, 0.1) is 0 Å². The summed E-state index contributed by atoms with van der Waals surface area (Å²) in [5.74, 6) is 0.731. The van der Waals surface area contributed by atoms with Crippen LogP contribution in [-0.2, 0) is 10.3 Å². The highest BCUT2D eigenvalue weighted by molar-refractivity contribution is 7.10. The molecule has 0 N–H and O–H groups in total. The summed E-state index contributed by atoms with van der Waals surface area (Å²) >= 11 is 6.90. The van der Waals surface area contributed by atoms with E-state index in [4.69, 9.17) is 16.3 Å². The molecule has 1 unspecified atom stereocenters. The summed E-state index contributed by atoms with van der Waals surface area (Å²) in [7, 11) is 0. The van der Waals surface area contributed by atoms with Crippen molar-refractivity contribution in [2.45, 2.75) is 25.4 Å². The van der Waals surface area contributed by atoms with Crippen molar-refractivity contribution >= 4 is 23.1 Å². The van der Waals surface area contributed by atoms with Crippen LogP contribution in [0.1, 0.15) is 25.6 Å². The Hall–Kier alpha value is -0.190. The molecule has 0 aliphatic carbocycles. The van der Waals surface area contributed by atoms with Crippen molar-refractivity contribution in [1.82, 2.24) is 9.36 Å². The Balaban J connectivity index is 2.28. The third-order valence-electron chi connectivity index (χ3n) is 2.09. The maximum atomic E-state index is 5.69. The zero-order chi connectivity index (χ0) is 8.60. The number of aromatic nitrogens is 2. The van der Waals surface area contributed by atoms with Gasteiger partial charge in [-0.05, 0) is 42.9 Å². The normalized spacial score (nSPS) is 29.5. The van der Waals surface area contributed by atoms with Gasteiger partial charge in [0.1, 0.15) is 5.60 Å². The van der Waals surface area contributed by atoms with Gasteiger partial charge in [-0.1, -0.05) is 0 Å². The molecule has 2 rings (SSSR count). The van der Waals surface area contributed by atoms with Gasteiger partial charge in [0.05, 0.1) is 0 Å². The van der Waals surface area contributed by atoms with Crippen LogP contribution in [0.25, 0.3) is 0 Å². The lowest BCUT2D eigenvalue weighted by Gasteiger charge is -2.18. The van der Waals surface area contributed by atoms with E-state index in [1.165, 1.54) is 11.5 Å². The summed E-state index contributed by atoms with van der Waals surface area (Å²) in [6.07, 6.45) is 2.06. The fourth-order valence-electron chi connectivity index (χ4n) is 1.38. The van der Waals surface area contributed by atoms with Crippen molar-refractivity contribution in [2.75, 3.05) is 6.61 Å². The number of nitrogens with zero attached hydrogens (tertiary/aromatic N) is 2. The lowest BCUT2D eigenvalue weighted by molar-refractivity contribution is 0.0103. The van der Waals surface area contributed by atoms with Crippen LogP contribution in [0.3, 0.4) is 0 Å². The van der Waals surface area contributed by atoms with Crippen molar-refractivity contribution < 1.29 is 4.74 Å². The predicted octanol–water partition coefficient (Wildman–Crippen LogP) is 2.22. The quantitative estimate of drug-likeness (QED) is 0.704. The molecule has 5 heteroatoms. The lowest BCUT2D eigenvalue weighted by Crippen LogP contribution is -2.21. The minimum Gasteiger partial charge on any atom is -0.367 e. The topological polar surface area (TPSA) is 35.0 Å². The number of ether oxygens (including phenoxy) is 1. The van der Waals surface area contributed by atoms with Crippen molar-refractivity contribution in [3.8, 4) is 0 Å².